The van der Waals surface area contributed by atoms with Gasteiger partial charge in [-0.05, 0) is 64.1 Å². The zero-order valence-electron chi connectivity index (χ0n) is 12.8. The van der Waals surface area contributed by atoms with Crippen molar-refractivity contribution < 1.29 is 4.42 Å². The Kier molecular flexibility index (Phi) is 4.47. The lowest BCUT2D eigenvalue weighted by Crippen LogP contribution is -2.47. The number of hydrogen-bond acceptors (Lipinski definition) is 3. The first-order valence-electron chi connectivity index (χ1n) is 8.30. The predicted molar refractivity (Wildman–Crippen MR) is 81.8 cm³/mol. The maximum atomic E-state index is 5.77. The highest BCUT2D eigenvalue weighted by molar-refractivity contribution is 5.09. The van der Waals surface area contributed by atoms with Crippen LogP contribution < -0.4 is 10.6 Å². The SMILES string of the molecule is Cc1ccc(C(C)NC2CCCCC2C2CCCN2)o1. The molecule has 3 rings (SSSR count). The molecule has 4 unspecified atom stereocenters. The summed E-state index contributed by atoms with van der Waals surface area (Å²) in [5, 5.41) is 7.55. The molecule has 1 aliphatic heterocycles. The first-order chi connectivity index (χ1) is 9.74. The zero-order chi connectivity index (χ0) is 13.9. The molecule has 1 aromatic heterocycles. The summed E-state index contributed by atoms with van der Waals surface area (Å²) in [6.07, 6.45) is 8.16. The van der Waals surface area contributed by atoms with E-state index in [4.69, 9.17) is 4.42 Å². The Morgan fingerprint density at radius 2 is 2.05 bits per heavy atom. The molecule has 4 atom stereocenters. The second kappa shape index (κ2) is 6.31. The van der Waals surface area contributed by atoms with Gasteiger partial charge in [0.2, 0.25) is 0 Å². The van der Waals surface area contributed by atoms with E-state index in [2.05, 4.69) is 29.7 Å². The van der Waals surface area contributed by atoms with Crippen LogP contribution in [0.15, 0.2) is 16.5 Å². The molecule has 2 N–H and O–H groups in total. The van der Waals surface area contributed by atoms with Gasteiger partial charge in [0.05, 0.1) is 6.04 Å². The molecule has 3 heteroatoms. The zero-order valence-corrected chi connectivity index (χ0v) is 12.8. The van der Waals surface area contributed by atoms with Gasteiger partial charge < -0.3 is 15.1 Å². The number of aryl methyl sites for hydroxylation is 1. The molecule has 2 aliphatic rings. The van der Waals surface area contributed by atoms with Gasteiger partial charge in [-0.15, -0.1) is 0 Å². The molecule has 1 aliphatic carbocycles. The van der Waals surface area contributed by atoms with Gasteiger partial charge in [-0.2, -0.15) is 0 Å². The Hall–Kier alpha value is -0.800. The molecule has 0 aromatic carbocycles. The summed E-state index contributed by atoms with van der Waals surface area (Å²) in [7, 11) is 0. The summed E-state index contributed by atoms with van der Waals surface area (Å²) >= 11 is 0. The highest BCUT2D eigenvalue weighted by atomic mass is 16.3. The van der Waals surface area contributed by atoms with Crippen molar-refractivity contribution in [2.75, 3.05) is 6.54 Å². The number of rotatable bonds is 4. The molecule has 112 valence electrons. The van der Waals surface area contributed by atoms with Crippen LogP contribution in [-0.4, -0.2) is 18.6 Å². The van der Waals surface area contributed by atoms with Crippen LogP contribution in [0.3, 0.4) is 0 Å². The van der Waals surface area contributed by atoms with E-state index < -0.39 is 0 Å². The van der Waals surface area contributed by atoms with Crippen LogP contribution in [0.1, 0.15) is 63.0 Å². The van der Waals surface area contributed by atoms with Crippen molar-refractivity contribution in [3.05, 3.63) is 23.7 Å². The van der Waals surface area contributed by atoms with Crippen LogP contribution in [0.4, 0.5) is 0 Å². The molecule has 0 spiro atoms. The third-order valence-electron chi connectivity index (χ3n) is 5.09. The summed E-state index contributed by atoms with van der Waals surface area (Å²) in [4.78, 5) is 0. The molecule has 0 radical (unpaired) electrons. The van der Waals surface area contributed by atoms with Crippen LogP contribution in [0.25, 0.3) is 0 Å². The molecular weight excluding hydrogens is 248 g/mol. The lowest BCUT2D eigenvalue weighted by molar-refractivity contribution is 0.198. The fourth-order valence-corrected chi connectivity index (χ4v) is 4.01. The average Bonchev–Trinajstić information content (AvgIpc) is 3.10. The largest absolute Gasteiger partial charge is 0.465 e. The summed E-state index contributed by atoms with van der Waals surface area (Å²) in [6.45, 7) is 5.45. The molecule has 0 amide bonds. The average molecular weight is 276 g/mol. The summed E-state index contributed by atoms with van der Waals surface area (Å²) in [5.74, 6) is 2.88. The number of nitrogens with one attached hydrogen (secondary N) is 2. The quantitative estimate of drug-likeness (QED) is 0.883. The highest BCUT2D eigenvalue weighted by Crippen LogP contribution is 2.32. The highest BCUT2D eigenvalue weighted by Gasteiger charge is 2.34. The normalized spacial score (nSPS) is 32.4. The Bertz CT molecular complexity index is 422. The molecule has 2 fully saturated rings. The lowest BCUT2D eigenvalue weighted by atomic mass is 9.79. The molecule has 1 saturated heterocycles. The third kappa shape index (κ3) is 3.09. The Morgan fingerprint density at radius 3 is 2.75 bits per heavy atom. The van der Waals surface area contributed by atoms with Crippen molar-refractivity contribution in [1.82, 2.24) is 10.6 Å². The van der Waals surface area contributed by atoms with E-state index in [1.54, 1.807) is 0 Å². The molecule has 1 saturated carbocycles. The van der Waals surface area contributed by atoms with Crippen molar-refractivity contribution in [2.45, 2.75) is 70.5 Å². The van der Waals surface area contributed by atoms with Crippen LogP contribution in [-0.2, 0) is 0 Å². The fourth-order valence-electron chi connectivity index (χ4n) is 4.01. The Balaban J connectivity index is 1.64. The van der Waals surface area contributed by atoms with Crippen molar-refractivity contribution in [3.63, 3.8) is 0 Å². The van der Waals surface area contributed by atoms with Gasteiger partial charge in [-0.25, -0.2) is 0 Å². The topological polar surface area (TPSA) is 37.2 Å². The van der Waals surface area contributed by atoms with Crippen molar-refractivity contribution in [3.8, 4) is 0 Å². The van der Waals surface area contributed by atoms with Crippen molar-refractivity contribution in [2.24, 2.45) is 5.92 Å². The standard InChI is InChI=1S/C17H28N2O/c1-12-9-10-17(20-12)13(2)19-16-7-4-3-6-14(16)15-8-5-11-18-15/h9-10,13-16,18-19H,3-8,11H2,1-2H3. The second-order valence-corrected chi connectivity index (χ2v) is 6.59. The summed E-state index contributed by atoms with van der Waals surface area (Å²) in [6, 6.07) is 5.86. The van der Waals surface area contributed by atoms with Gasteiger partial charge >= 0.3 is 0 Å². The fraction of sp³-hybridized carbons (Fsp3) is 0.765. The molecular formula is C17H28N2O. The maximum absolute atomic E-state index is 5.77. The van der Waals surface area contributed by atoms with Crippen molar-refractivity contribution in [1.29, 1.82) is 0 Å². The van der Waals surface area contributed by atoms with Gasteiger partial charge in [0.25, 0.3) is 0 Å². The van der Waals surface area contributed by atoms with Gasteiger partial charge in [0.1, 0.15) is 11.5 Å². The lowest BCUT2D eigenvalue weighted by Gasteiger charge is -2.37. The van der Waals surface area contributed by atoms with Crippen molar-refractivity contribution >= 4 is 0 Å². The summed E-state index contributed by atoms with van der Waals surface area (Å²) in [5.41, 5.74) is 0. The van der Waals surface area contributed by atoms with Crippen LogP contribution in [0, 0.1) is 12.8 Å². The Labute approximate surface area is 122 Å². The van der Waals surface area contributed by atoms with Gasteiger partial charge in [0.15, 0.2) is 0 Å². The van der Waals surface area contributed by atoms with E-state index in [1.165, 1.54) is 45.1 Å². The molecule has 0 bridgehead atoms. The van der Waals surface area contributed by atoms with E-state index in [-0.39, 0.29) is 0 Å². The van der Waals surface area contributed by atoms with Gasteiger partial charge in [-0.3, -0.25) is 0 Å². The maximum Gasteiger partial charge on any atom is 0.120 e. The molecule has 3 nitrogen and oxygen atoms in total. The number of furan rings is 1. The summed E-state index contributed by atoms with van der Waals surface area (Å²) < 4.78 is 5.77. The second-order valence-electron chi connectivity index (χ2n) is 6.59. The first-order valence-corrected chi connectivity index (χ1v) is 8.30. The van der Waals surface area contributed by atoms with Gasteiger partial charge in [-0.1, -0.05) is 12.8 Å². The van der Waals surface area contributed by atoms with E-state index in [9.17, 15) is 0 Å². The Morgan fingerprint density at radius 1 is 1.20 bits per heavy atom. The van der Waals surface area contributed by atoms with Crippen LogP contribution >= 0.6 is 0 Å². The van der Waals surface area contributed by atoms with Crippen LogP contribution in [0.2, 0.25) is 0 Å². The molecule has 20 heavy (non-hydrogen) atoms. The monoisotopic (exact) mass is 276 g/mol. The molecule has 2 heterocycles. The van der Waals surface area contributed by atoms with Gasteiger partial charge in [0, 0.05) is 12.1 Å². The minimum atomic E-state index is 0.315. The first kappa shape index (κ1) is 14.2. The smallest absolute Gasteiger partial charge is 0.120 e. The minimum Gasteiger partial charge on any atom is -0.465 e. The van der Waals surface area contributed by atoms with E-state index in [1.807, 2.05) is 6.92 Å². The number of hydrogen-bond donors (Lipinski definition) is 2. The minimum absolute atomic E-state index is 0.315. The van der Waals surface area contributed by atoms with E-state index in [0.717, 1.165) is 23.5 Å². The third-order valence-corrected chi connectivity index (χ3v) is 5.09. The molecule has 1 aromatic rings. The van der Waals surface area contributed by atoms with E-state index in [0.29, 0.717) is 12.1 Å². The predicted octanol–water partition coefficient (Wildman–Crippen LogP) is 3.55. The van der Waals surface area contributed by atoms with E-state index >= 15 is 0 Å². The van der Waals surface area contributed by atoms with Crippen LogP contribution in [0.5, 0.6) is 0 Å².